The highest BCUT2D eigenvalue weighted by Crippen LogP contribution is 2.20. The van der Waals surface area contributed by atoms with Crippen molar-refractivity contribution in [3.8, 4) is 0 Å². The third-order valence-corrected chi connectivity index (χ3v) is 3.00. The van der Waals surface area contributed by atoms with Crippen molar-refractivity contribution >= 4 is 22.4 Å². The lowest BCUT2D eigenvalue weighted by Crippen LogP contribution is -2.04. The predicted molar refractivity (Wildman–Crippen MR) is 70.9 cm³/mol. The summed E-state index contributed by atoms with van der Waals surface area (Å²) in [7, 11) is 0. The fraction of sp³-hybridized carbons (Fsp3) is 0.133. The second-order valence-corrected chi connectivity index (χ2v) is 4.13. The van der Waals surface area contributed by atoms with Crippen LogP contribution in [0.2, 0.25) is 0 Å². The molecule has 0 N–H and O–H groups in total. The molecule has 3 aromatic rings. The van der Waals surface area contributed by atoms with E-state index in [1.165, 1.54) is 5.39 Å². The van der Waals surface area contributed by atoms with Gasteiger partial charge in [0.25, 0.3) is 0 Å². The first-order chi connectivity index (χ1) is 8.79. The minimum atomic E-state index is -0.273. The van der Waals surface area contributed by atoms with Gasteiger partial charge >= 0.3 is 5.97 Å². The lowest BCUT2D eigenvalue weighted by molar-refractivity contribution is 0.0526. The van der Waals surface area contributed by atoms with E-state index in [4.69, 9.17) is 4.74 Å². The van der Waals surface area contributed by atoms with Crippen molar-refractivity contribution in [1.29, 1.82) is 0 Å². The van der Waals surface area contributed by atoms with Gasteiger partial charge in [-0.05, 0) is 31.2 Å². The number of hydrogen-bond acceptors (Lipinski definition) is 2. The largest absolute Gasteiger partial charge is 0.462 e. The number of fused-ring (bicyclic) bond motifs is 3. The van der Waals surface area contributed by atoms with Crippen molar-refractivity contribution in [3.63, 3.8) is 0 Å². The Morgan fingerprint density at radius 2 is 2.06 bits per heavy atom. The van der Waals surface area contributed by atoms with Gasteiger partial charge in [0.05, 0.1) is 17.7 Å². The third kappa shape index (κ3) is 1.64. The molecule has 2 heterocycles. The maximum atomic E-state index is 11.7. The number of carbonyl (C=O) groups is 1. The molecule has 1 aromatic carbocycles. The molecule has 0 saturated carbocycles. The molecule has 3 nitrogen and oxygen atoms in total. The first-order valence-corrected chi connectivity index (χ1v) is 5.96. The van der Waals surface area contributed by atoms with Crippen molar-refractivity contribution in [1.82, 2.24) is 4.40 Å². The van der Waals surface area contributed by atoms with Crippen LogP contribution in [0.15, 0.2) is 48.7 Å². The summed E-state index contributed by atoms with van der Waals surface area (Å²) in [6.45, 7) is 2.20. The Bertz CT molecular complexity index is 728. The van der Waals surface area contributed by atoms with Crippen LogP contribution in [-0.4, -0.2) is 17.0 Å². The van der Waals surface area contributed by atoms with Gasteiger partial charge in [0, 0.05) is 17.1 Å². The average molecular weight is 239 g/mol. The molecule has 0 spiro atoms. The Morgan fingerprint density at radius 1 is 1.22 bits per heavy atom. The van der Waals surface area contributed by atoms with Gasteiger partial charge in [-0.15, -0.1) is 0 Å². The number of para-hydroxylation sites is 1. The van der Waals surface area contributed by atoms with Gasteiger partial charge in [0.1, 0.15) is 0 Å². The predicted octanol–water partition coefficient (Wildman–Crippen LogP) is 3.27. The molecule has 0 radical (unpaired) electrons. The van der Waals surface area contributed by atoms with Crippen LogP contribution in [0, 0.1) is 0 Å². The van der Waals surface area contributed by atoms with E-state index in [0.717, 1.165) is 11.0 Å². The van der Waals surface area contributed by atoms with Crippen LogP contribution in [0.25, 0.3) is 16.4 Å². The van der Waals surface area contributed by atoms with Crippen molar-refractivity contribution in [2.75, 3.05) is 6.61 Å². The van der Waals surface area contributed by atoms with Gasteiger partial charge in [0.2, 0.25) is 0 Å². The highest BCUT2D eigenvalue weighted by molar-refractivity contribution is 5.93. The van der Waals surface area contributed by atoms with E-state index in [1.54, 1.807) is 6.07 Å². The van der Waals surface area contributed by atoms with Crippen LogP contribution < -0.4 is 0 Å². The molecule has 0 aliphatic rings. The molecule has 0 aliphatic carbocycles. The van der Waals surface area contributed by atoms with E-state index in [2.05, 4.69) is 22.6 Å². The first kappa shape index (κ1) is 10.8. The van der Waals surface area contributed by atoms with E-state index >= 15 is 0 Å². The summed E-state index contributed by atoms with van der Waals surface area (Å²) in [4.78, 5) is 11.7. The molecule has 0 aliphatic heterocycles. The zero-order chi connectivity index (χ0) is 12.5. The molecule has 0 bridgehead atoms. The lowest BCUT2D eigenvalue weighted by Gasteiger charge is -2.03. The van der Waals surface area contributed by atoms with Gasteiger partial charge in [0.15, 0.2) is 0 Å². The fourth-order valence-corrected chi connectivity index (χ4v) is 2.18. The van der Waals surface area contributed by atoms with E-state index < -0.39 is 0 Å². The summed E-state index contributed by atoms with van der Waals surface area (Å²) in [6, 6.07) is 13.9. The summed E-state index contributed by atoms with van der Waals surface area (Å²) >= 11 is 0. The average Bonchev–Trinajstić information content (AvgIpc) is 2.76. The Morgan fingerprint density at radius 3 is 2.89 bits per heavy atom. The maximum absolute atomic E-state index is 11.7. The highest BCUT2D eigenvalue weighted by atomic mass is 16.5. The van der Waals surface area contributed by atoms with E-state index in [-0.39, 0.29) is 5.97 Å². The van der Waals surface area contributed by atoms with Gasteiger partial charge < -0.3 is 9.14 Å². The number of aromatic nitrogens is 1. The molecule has 0 fully saturated rings. The van der Waals surface area contributed by atoms with E-state index in [0.29, 0.717) is 12.2 Å². The monoisotopic (exact) mass is 239 g/mol. The minimum absolute atomic E-state index is 0.273. The second-order valence-electron chi connectivity index (χ2n) is 4.13. The number of esters is 1. The Balaban J connectivity index is 2.18. The number of nitrogens with zero attached hydrogens (tertiary/aromatic N) is 1. The molecule has 3 heteroatoms. The second kappa shape index (κ2) is 4.18. The quantitative estimate of drug-likeness (QED) is 0.642. The molecule has 2 aromatic heterocycles. The smallest absolute Gasteiger partial charge is 0.338 e. The number of pyridine rings is 1. The summed E-state index contributed by atoms with van der Waals surface area (Å²) in [5, 5.41) is 1.17. The molecular formula is C15H13NO2. The Kier molecular flexibility index (Phi) is 2.52. The molecule has 0 unspecified atom stereocenters. The molecule has 18 heavy (non-hydrogen) atoms. The van der Waals surface area contributed by atoms with Crippen molar-refractivity contribution in [2.45, 2.75) is 6.92 Å². The Labute approximate surface area is 105 Å². The molecule has 3 rings (SSSR count). The van der Waals surface area contributed by atoms with Crippen LogP contribution >= 0.6 is 0 Å². The van der Waals surface area contributed by atoms with Crippen molar-refractivity contribution < 1.29 is 9.53 Å². The first-order valence-electron chi connectivity index (χ1n) is 5.96. The normalized spacial score (nSPS) is 10.9. The van der Waals surface area contributed by atoms with Crippen LogP contribution in [0.4, 0.5) is 0 Å². The Hall–Kier alpha value is -2.29. The van der Waals surface area contributed by atoms with Crippen molar-refractivity contribution in [3.05, 3.63) is 54.2 Å². The standard InChI is InChI=1S/C15H13NO2/c1-2-18-15(17)12-7-8-16-13(10-12)9-11-5-3-4-6-14(11)16/h3-10H,2H2,1H3. The third-order valence-electron chi connectivity index (χ3n) is 3.00. The number of hydrogen-bond donors (Lipinski definition) is 0. The minimum Gasteiger partial charge on any atom is -0.462 e. The van der Waals surface area contributed by atoms with Gasteiger partial charge in [-0.2, -0.15) is 0 Å². The SMILES string of the molecule is CCOC(=O)c1ccn2c(c1)cc1ccccc12. The summed E-state index contributed by atoms with van der Waals surface area (Å²) in [5.41, 5.74) is 2.73. The van der Waals surface area contributed by atoms with E-state index in [9.17, 15) is 4.79 Å². The van der Waals surface area contributed by atoms with Gasteiger partial charge in [-0.3, -0.25) is 0 Å². The zero-order valence-corrected chi connectivity index (χ0v) is 10.1. The van der Waals surface area contributed by atoms with E-state index in [1.807, 2.05) is 31.3 Å². The zero-order valence-electron chi connectivity index (χ0n) is 10.1. The summed E-state index contributed by atoms with van der Waals surface area (Å²) in [5.74, 6) is -0.273. The van der Waals surface area contributed by atoms with Crippen molar-refractivity contribution in [2.24, 2.45) is 0 Å². The molecule has 0 atom stereocenters. The highest BCUT2D eigenvalue weighted by Gasteiger charge is 2.08. The topological polar surface area (TPSA) is 30.7 Å². The molecular weight excluding hydrogens is 226 g/mol. The van der Waals surface area contributed by atoms with Crippen LogP contribution in [0.5, 0.6) is 0 Å². The summed E-state index contributed by atoms with van der Waals surface area (Å²) < 4.78 is 7.07. The summed E-state index contributed by atoms with van der Waals surface area (Å²) in [6.07, 6.45) is 1.91. The fourth-order valence-electron chi connectivity index (χ4n) is 2.18. The van der Waals surface area contributed by atoms with Crippen LogP contribution in [0.3, 0.4) is 0 Å². The maximum Gasteiger partial charge on any atom is 0.338 e. The molecule has 0 amide bonds. The number of rotatable bonds is 2. The lowest BCUT2D eigenvalue weighted by atomic mass is 10.2. The molecule has 0 saturated heterocycles. The van der Waals surface area contributed by atoms with Gasteiger partial charge in [-0.1, -0.05) is 18.2 Å². The van der Waals surface area contributed by atoms with Gasteiger partial charge in [-0.25, -0.2) is 4.79 Å². The number of benzene rings is 1. The number of ether oxygens (including phenoxy) is 1. The van der Waals surface area contributed by atoms with Crippen LogP contribution in [0.1, 0.15) is 17.3 Å². The van der Waals surface area contributed by atoms with Crippen LogP contribution in [-0.2, 0) is 4.74 Å². The molecule has 90 valence electrons. The number of carbonyl (C=O) groups excluding carboxylic acids is 1.